The van der Waals surface area contributed by atoms with E-state index < -0.39 is 0 Å². The Labute approximate surface area is 129 Å². The van der Waals surface area contributed by atoms with E-state index in [1.807, 2.05) is 12.1 Å². The van der Waals surface area contributed by atoms with E-state index in [1.165, 1.54) is 0 Å². The molecule has 6 nitrogen and oxygen atoms in total. The molecule has 0 saturated carbocycles. The summed E-state index contributed by atoms with van der Waals surface area (Å²) >= 11 is 0. The molecule has 1 unspecified atom stereocenters. The summed E-state index contributed by atoms with van der Waals surface area (Å²) in [5, 5.41) is 7.64. The number of hydrogen-bond acceptors (Lipinski definition) is 5. The number of ether oxygens (including phenoxy) is 1. The van der Waals surface area contributed by atoms with Gasteiger partial charge in [-0.3, -0.25) is 9.78 Å². The van der Waals surface area contributed by atoms with Crippen LogP contribution in [-0.4, -0.2) is 45.2 Å². The fraction of sp³-hybridized carbons (Fsp3) is 0.375. The van der Waals surface area contributed by atoms with E-state index >= 15 is 0 Å². The third-order valence-corrected chi connectivity index (χ3v) is 3.67. The van der Waals surface area contributed by atoms with Gasteiger partial charge in [0.1, 0.15) is 0 Å². The second kappa shape index (κ2) is 7.09. The van der Waals surface area contributed by atoms with Crippen molar-refractivity contribution in [1.82, 2.24) is 20.1 Å². The van der Waals surface area contributed by atoms with Gasteiger partial charge in [0.15, 0.2) is 5.69 Å². The van der Waals surface area contributed by atoms with Crippen LogP contribution < -0.4 is 0 Å². The van der Waals surface area contributed by atoms with Gasteiger partial charge in [-0.25, -0.2) is 0 Å². The molecule has 1 amide bonds. The van der Waals surface area contributed by atoms with Gasteiger partial charge in [-0.15, -0.1) is 5.10 Å². The van der Waals surface area contributed by atoms with Gasteiger partial charge < -0.3 is 9.64 Å². The number of likely N-dealkylation sites (tertiary alicyclic amines) is 1. The normalized spacial score (nSPS) is 18.2. The first-order chi connectivity index (χ1) is 10.8. The molecule has 1 aliphatic heterocycles. The molecule has 1 aliphatic rings. The van der Waals surface area contributed by atoms with Crippen LogP contribution in [0.15, 0.2) is 42.9 Å². The first kappa shape index (κ1) is 14.6. The number of piperidine rings is 1. The number of rotatable bonds is 4. The number of aromatic nitrogens is 3. The molecular weight excluding hydrogens is 280 g/mol. The van der Waals surface area contributed by atoms with Gasteiger partial charge >= 0.3 is 0 Å². The molecule has 1 atom stereocenters. The highest BCUT2D eigenvalue weighted by Crippen LogP contribution is 2.16. The third kappa shape index (κ3) is 3.65. The minimum atomic E-state index is -0.0808. The van der Waals surface area contributed by atoms with Crippen LogP contribution in [0.3, 0.4) is 0 Å². The van der Waals surface area contributed by atoms with E-state index in [0.29, 0.717) is 18.8 Å². The van der Waals surface area contributed by atoms with Crippen LogP contribution in [0, 0.1) is 0 Å². The maximum atomic E-state index is 12.4. The van der Waals surface area contributed by atoms with Crippen molar-refractivity contribution in [2.75, 3.05) is 13.1 Å². The molecule has 3 rings (SSSR count). The van der Waals surface area contributed by atoms with Crippen LogP contribution in [0.1, 0.15) is 28.9 Å². The molecule has 0 aliphatic carbocycles. The summed E-state index contributed by atoms with van der Waals surface area (Å²) in [4.78, 5) is 18.2. The van der Waals surface area contributed by atoms with Gasteiger partial charge in [0, 0.05) is 31.7 Å². The van der Waals surface area contributed by atoms with Gasteiger partial charge in [-0.1, -0.05) is 6.07 Å². The number of hydrogen-bond donors (Lipinski definition) is 0. The highest BCUT2D eigenvalue weighted by Gasteiger charge is 2.25. The Kier molecular flexibility index (Phi) is 4.70. The van der Waals surface area contributed by atoms with Crippen LogP contribution in [0.25, 0.3) is 0 Å². The highest BCUT2D eigenvalue weighted by molar-refractivity contribution is 5.92. The van der Waals surface area contributed by atoms with Crippen molar-refractivity contribution < 1.29 is 9.53 Å². The van der Waals surface area contributed by atoms with E-state index in [-0.39, 0.29) is 12.0 Å². The lowest BCUT2D eigenvalue weighted by atomic mass is 10.1. The molecule has 3 heterocycles. The van der Waals surface area contributed by atoms with E-state index in [9.17, 15) is 4.79 Å². The van der Waals surface area contributed by atoms with Gasteiger partial charge in [0.05, 0.1) is 12.7 Å². The lowest BCUT2D eigenvalue weighted by Crippen LogP contribution is -2.43. The lowest BCUT2D eigenvalue weighted by molar-refractivity contribution is -0.00700. The fourth-order valence-corrected chi connectivity index (χ4v) is 2.53. The molecule has 22 heavy (non-hydrogen) atoms. The third-order valence-electron chi connectivity index (χ3n) is 3.67. The van der Waals surface area contributed by atoms with Gasteiger partial charge in [0.2, 0.25) is 0 Å². The summed E-state index contributed by atoms with van der Waals surface area (Å²) in [6, 6.07) is 7.29. The Morgan fingerprint density at radius 2 is 2.23 bits per heavy atom. The molecule has 1 saturated heterocycles. The largest absolute Gasteiger partial charge is 0.372 e. The quantitative estimate of drug-likeness (QED) is 0.859. The summed E-state index contributed by atoms with van der Waals surface area (Å²) < 4.78 is 5.92. The molecule has 0 N–H and O–H groups in total. The zero-order valence-corrected chi connectivity index (χ0v) is 12.3. The zero-order valence-electron chi connectivity index (χ0n) is 12.3. The van der Waals surface area contributed by atoms with Crippen molar-refractivity contribution >= 4 is 5.91 Å². The summed E-state index contributed by atoms with van der Waals surface area (Å²) in [6.45, 7) is 1.85. The molecule has 0 aromatic carbocycles. The Balaban J connectivity index is 1.56. The predicted octanol–water partition coefficient (Wildman–Crippen LogP) is 1.69. The first-order valence-electron chi connectivity index (χ1n) is 7.40. The van der Waals surface area contributed by atoms with Crippen molar-refractivity contribution in [2.24, 2.45) is 0 Å². The second-order valence-corrected chi connectivity index (χ2v) is 5.30. The molecule has 2 aromatic rings. The lowest BCUT2D eigenvalue weighted by Gasteiger charge is -2.32. The first-order valence-corrected chi connectivity index (χ1v) is 7.40. The number of nitrogens with zero attached hydrogens (tertiary/aromatic N) is 4. The minimum absolute atomic E-state index is 0.0505. The van der Waals surface area contributed by atoms with E-state index in [0.717, 1.165) is 24.9 Å². The van der Waals surface area contributed by atoms with Crippen molar-refractivity contribution in [3.63, 3.8) is 0 Å². The number of carbonyl (C=O) groups excluding carboxylic acids is 1. The van der Waals surface area contributed by atoms with E-state index in [4.69, 9.17) is 4.74 Å². The molecule has 2 aromatic heterocycles. The molecule has 0 bridgehead atoms. The number of amides is 1. The zero-order chi connectivity index (χ0) is 15.2. The molecule has 0 spiro atoms. The number of carbonyl (C=O) groups is 1. The van der Waals surface area contributed by atoms with Crippen LogP contribution in [0.4, 0.5) is 0 Å². The molecular formula is C16H18N4O2. The Morgan fingerprint density at radius 3 is 3.00 bits per heavy atom. The summed E-state index contributed by atoms with van der Waals surface area (Å²) in [5.41, 5.74) is 1.43. The standard InChI is InChI=1S/C16H18N4O2/c21-16(15-6-2-8-18-19-15)20-9-3-5-14(11-20)22-12-13-4-1-7-17-10-13/h1-2,4,6-8,10,14H,3,5,9,11-12H2. The van der Waals surface area contributed by atoms with Crippen LogP contribution in [-0.2, 0) is 11.3 Å². The maximum Gasteiger partial charge on any atom is 0.274 e. The smallest absolute Gasteiger partial charge is 0.274 e. The minimum Gasteiger partial charge on any atom is -0.372 e. The SMILES string of the molecule is O=C(c1cccnn1)N1CCCC(OCc2cccnc2)C1. The number of pyridine rings is 1. The Bertz CT molecular complexity index is 606. The Hall–Kier alpha value is -2.34. The molecule has 114 valence electrons. The molecule has 1 fully saturated rings. The van der Waals surface area contributed by atoms with Crippen LogP contribution >= 0.6 is 0 Å². The molecule has 0 radical (unpaired) electrons. The Morgan fingerprint density at radius 1 is 1.32 bits per heavy atom. The summed E-state index contributed by atoms with van der Waals surface area (Å²) in [6.07, 6.45) is 7.05. The fourth-order valence-electron chi connectivity index (χ4n) is 2.53. The van der Waals surface area contributed by atoms with Crippen molar-refractivity contribution in [3.05, 3.63) is 54.1 Å². The van der Waals surface area contributed by atoms with Crippen LogP contribution in [0.5, 0.6) is 0 Å². The van der Waals surface area contributed by atoms with E-state index in [1.54, 1.807) is 35.6 Å². The monoisotopic (exact) mass is 298 g/mol. The topological polar surface area (TPSA) is 68.2 Å². The van der Waals surface area contributed by atoms with Crippen molar-refractivity contribution in [3.8, 4) is 0 Å². The van der Waals surface area contributed by atoms with E-state index in [2.05, 4.69) is 15.2 Å². The average Bonchev–Trinajstić information content (AvgIpc) is 2.61. The van der Waals surface area contributed by atoms with Crippen molar-refractivity contribution in [2.45, 2.75) is 25.6 Å². The van der Waals surface area contributed by atoms with Gasteiger partial charge in [-0.2, -0.15) is 5.10 Å². The predicted molar refractivity (Wildman–Crippen MR) is 80.0 cm³/mol. The summed E-state index contributed by atoms with van der Waals surface area (Å²) in [5.74, 6) is -0.0808. The van der Waals surface area contributed by atoms with Gasteiger partial charge in [-0.05, 0) is 36.6 Å². The van der Waals surface area contributed by atoms with Crippen molar-refractivity contribution in [1.29, 1.82) is 0 Å². The van der Waals surface area contributed by atoms with Gasteiger partial charge in [0.25, 0.3) is 5.91 Å². The molecule has 6 heteroatoms. The van der Waals surface area contributed by atoms with Crippen LogP contribution in [0.2, 0.25) is 0 Å². The summed E-state index contributed by atoms with van der Waals surface area (Å²) in [7, 11) is 0. The average molecular weight is 298 g/mol. The highest BCUT2D eigenvalue weighted by atomic mass is 16.5. The maximum absolute atomic E-state index is 12.4. The second-order valence-electron chi connectivity index (χ2n) is 5.30.